The Kier molecular flexibility index (Phi) is 3.16. The summed E-state index contributed by atoms with van der Waals surface area (Å²) >= 11 is 5.62. The molecule has 0 heterocycles. The molecule has 0 aromatic heterocycles. The fraction of sp³-hybridized carbons (Fsp3) is 0.125. The van der Waals surface area contributed by atoms with Crippen molar-refractivity contribution in [2.24, 2.45) is 5.84 Å². The van der Waals surface area contributed by atoms with Crippen LogP contribution in [0.4, 0.5) is 0 Å². The van der Waals surface area contributed by atoms with Crippen molar-refractivity contribution in [1.29, 1.82) is 0 Å². The van der Waals surface area contributed by atoms with Crippen molar-refractivity contribution in [2.75, 3.05) is 7.11 Å². The van der Waals surface area contributed by atoms with Crippen molar-refractivity contribution in [3.05, 3.63) is 22.7 Å². The van der Waals surface area contributed by atoms with Gasteiger partial charge >= 0.3 is 0 Å². The lowest BCUT2D eigenvalue weighted by Gasteiger charge is -2.08. The molecule has 1 aromatic carbocycles. The first-order chi connectivity index (χ1) is 6.60. The number of nitrogens with two attached hydrogens (primary N) is 1. The molecule has 0 aliphatic heterocycles. The molecular formula is C8H9ClN2O3. The van der Waals surface area contributed by atoms with Gasteiger partial charge in [0.25, 0.3) is 5.91 Å². The van der Waals surface area contributed by atoms with E-state index < -0.39 is 5.91 Å². The van der Waals surface area contributed by atoms with E-state index in [-0.39, 0.29) is 22.1 Å². The van der Waals surface area contributed by atoms with Crippen LogP contribution in [-0.2, 0) is 0 Å². The van der Waals surface area contributed by atoms with Gasteiger partial charge < -0.3 is 9.84 Å². The molecule has 0 bridgehead atoms. The summed E-state index contributed by atoms with van der Waals surface area (Å²) in [6.07, 6.45) is 0. The van der Waals surface area contributed by atoms with E-state index in [1.807, 2.05) is 5.43 Å². The molecule has 0 aliphatic rings. The molecule has 14 heavy (non-hydrogen) atoms. The molecular weight excluding hydrogens is 208 g/mol. The predicted molar refractivity (Wildman–Crippen MR) is 51.3 cm³/mol. The van der Waals surface area contributed by atoms with Crippen LogP contribution in [-0.4, -0.2) is 18.1 Å². The summed E-state index contributed by atoms with van der Waals surface area (Å²) in [6, 6.07) is 2.52. The van der Waals surface area contributed by atoms with Crippen molar-refractivity contribution in [1.82, 2.24) is 5.43 Å². The van der Waals surface area contributed by atoms with Gasteiger partial charge in [-0.05, 0) is 6.07 Å². The number of nitrogens with one attached hydrogen (secondary N) is 1. The largest absolute Gasteiger partial charge is 0.506 e. The van der Waals surface area contributed by atoms with Crippen LogP contribution in [0.3, 0.4) is 0 Å². The highest BCUT2D eigenvalue weighted by molar-refractivity contribution is 6.32. The summed E-state index contributed by atoms with van der Waals surface area (Å²) < 4.78 is 4.87. The molecule has 1 amide bonds. The molecule has 1 aromatic rings. The molecule has 0 fully saturated rings. The third-order valence-electron chi connectivity index (χ3n) is 1.64. The van der Waals surface area contributed by atoms with E-state index >= 15 is 0 Å². The molecule has 76 valence electrons. The number of carbonyl (C=O) groups excluding carboxylic acids is 1. The summed E-state index contributed by atoms with van der Waals surface area (Å²) in [5, 5.41) is 9.29. The van der Waals surface area contributed by atoms with Gasteiger partial charge in [-0.1, -0.05) is 11.6 Å². The minimum atomic E-state index is -0.538. The first-order valence-corrected chi connectivity index (χ1v) is 4.05. The average Bonchev–Trinajstić information content (AvgIpc) is 2.20. The molecule has 0 saturated carbocycles. The second kappa shape index (κ2) is 4.17. The predicted octanol–water partition coefficient (Wildman–Crippen LogP) is 0.658. The SMILES string of the molecule is COc1cc(O)c(Cl)cc1C(=O)NN. The fourth-order valence-corrected chi connectivity index (χ4v) is 1.13. The zero-order valence-corrected chi connectivity index (χ0v) is 8.13. The Morgan fingerprint density at radius 3 is 2.79 bits per heavy atom. The summed E-state index contributed by atoms with van der Waals surface area (Å²) in [7, 11) is 1.37. The molecule has 0 saturated heterocycles. The Balaban J connectivity index is 3.27. The first kappa shape index (κ1) is 10.6. The molecule has 0 atom stereocenters. The van der Waals surface area contributed by atoms with E-state index in [0.717, 1.165) is 0 Å². The Bertz CT molecular complexity index is 368. The van der Waals surface area contributed by atoms with Crippen molar-refractivity contribution in [2.45, 2.75) is 0 Å². The van der Waals surface area contributed by atoms with Gasteiger partial charge in [-0.3, -0.25) is 10.2 Å². The van der Waals surface area contributed by atoms with Gasteiger partial charge in [-0.15, -0.1) is 0 Å². The van der Waals surface area contributed by atoms with E-state index in [2.05, 4.69) is 0 Å². The maximum Gasteiger partial charge on any atom is 0.268 e. The van der Waals surface area contributed by atoms with Crippen LogP contribution in [0.1, 0.15) is 10.4 Å². The minimum Gasteiger partial charge on any atom is -0.506 e. The van der Waals surface area contributed by atoms with E-state index in [9.17, 15) is 9.90 Å². The maximum absolute atomic E-state index is 11.2. The van der Waals surface area contributed by atoms with Crippen molar-refractivity contribution in [3.63, 3.8) is 0 Å². The number of hydrogen-bond acceptors (Lipinski definition) is 4. The third kappa shape index (κ3) is 1.89. The number of halogens is 1. The van der Waals surface area contributed by atoms with Crippen LogP contribution < -0.4 is 16.0 Å². The van der Waals surface area contributed by atoms with Crippen LogP contribution in [0.25, 0.3) is 0 Å². The number of phenolic OH excluding ortho intramolecular Hbond substituents is 1. The summed E-state index contributed by atoms with van der Waals surface area (Å²) in [5.74, 6) is 4.46. The number of rotatable bonds is 2. The second-order valence-electron chi connectivity index (χ2n) is 2.48. The number of aromatic hydroxyl groups is 1. The molecule has 0 radical (unpaired) electrons. The van der Waals surface area contributed by atoms with Gasteiger partial charge in [0.1, 0.15) is 11.5 Å². The molecule has 0 spiro atoms. The number of carbonyl (C=O) groups is 1. The molecule has 5 nitrogen and oxygen atoms in total. The first-order valence-electron chi connectivity index (χ1n) is 3.67. The van der Waals surface area contributed by atoms with E-state index in [0.29, 0.717) is 0 Å². The number of phenols is 1. The highest BCUT2D eigenvalue weighted by atomic mass is 35.5. The van der Waals surface area contributed by atoms with Gasteiger partial charge in [0.2, 0.25) is 0 Å². The molecule has 6 heteroatoms. The summed E-state index contributed by atoms with van der Waals surface area (Å²) in [4.78, 5) is 11.2. The highest BCUT2D eigenvalue weighted by Crippen LogP contribution is 2.31. The zero-order chi connectivity index (χ0) is 10.7. The van der Waals surface area contributed by atoms with E-state index in [4.69, 9.17) is 22.2 Å². The van der Waals surface area contributed by atoms with Gasteiger partial charge in [0.05, 0.1) is 17.7 Å². The third-order valence-corrected chi connectivity index (χ3v) is 1.95. The number of methoxy groups -OCH3 is 1. The molecule has 1 rings (SSSR count). The monoisotopic (exact) mass is 216 g/mol. The Labute approximate surface area is 85.4 Å². The number of benzene rings is 1. The lowest BCUT2D eigenvalue weighted by Crippen LogP contribution is -2.30. The topological polar surface area (TPSA) is 84.6 Å². The van der Waals surface area contributed by atoms with Crippen LogP contribution in [0.15, 0.2) is 12.1 Å². The average molecular weight is 217 g/mol. The van der Waals surface area contributed by atoms with Gasteiger partial charge in [-0.25, -0.2) is 5.84 Å². The van der Waals surface area contributed by atoms with Crippen LogP contribution >= 0.6 is 11.6 Å². The molecule has 4 N–H and O–H groups in total. The lowest BCUT2D eigenvalue weighted by molar-refractivity contribution is 0.0950. The van der Waals surface area contributed by atoms with Crippen LogP contribution in [0.2, 0.25) is 5.02 Å². The Morgan fingerprint density at radius 1 is 1.64 bits per heavy atom. The number of ether oxygens (including phenoxy) is 1. The lowest BCUT2D eigenvalue weighted by atomic mass is 10.2. The smallest absolute Gasteiger partial charge is 0.268 e. The molecule has 0 aliphatic carbocycles. The van der Waals surface area contributed by atoms with E-state index in [1.165, 1.54) is 19.2 Å². The van der Waals surface area contributed by atoms with Crippen LogP contribution in [0, 0.1) is 0 Å². The van der Waals surface area contributed by atoms with E-state index in [1.54, 1.807) is 0 Å². The standard InChI is InChI=1S/C8H9ClN2O3/c1-14-7-3-6(12)5(9)2-4(7)8(13)11-10/h2-3,12H,10H2,1H3,(H,11,13). The zero-order valence-electron chi connectivity index (χ0n) is 7.37. The van der Waals surface area contributed by atoms with Gasteiger partial charge in [0, 0.05) is 6.07 Å². The van der Waals surface area contributed by atoms with Gasteiger partial charge in [0.15, 0.2) is 0 Å². The molecule has 0 unspecified atom stereocenters. The number of hydrogen-bond donors (Lipinski definition) is 3. The normalized spacial score (nSPS) is 9.64. The number of nitrogen functional groups attached to an aromatic ring is 1. The fourth-order valence-electron chi connectivity index (χ4n) is 0.967. The van der Waals surface area contributed by atoms with Crippen molar-refractivity contribution < 1.29 is 14.6 Å². The summed E-state index contributed by atoms with van der Waals surface area (Å²) in [6.45, 7) is 0. The summed E-state index contributed by atoms with van der Waals surface area (Å²) in [5.41, 5.74) is 2.11. The quantitative estimate of drug-likeness (QED) is 0.385. The number of amides is 1. The highest BCUT2D eigenvalue weighted by Gasteiger charge is 2.14. The Hall–Kier alpha value is -1.46. The number of hydrazine groups is 1. The van der Waals surface area contributed by atoms with Gasteiger partial charge in [-0.2, -0.15) is 0 Å². The Morgan fingerprint density at radius 2 is 2.29 bits per heavy atom. The van der Waals surface area contributed by atoms with Crippen molar-refractivity contribution >= 4 is 17.5 Å². The second-order valence-corrected chi connectivity index (χ2v) is 2.88. The maximum atomic E-state index is 11.2. The van der Waals surface area contributed by atoms with Crippen molar-refractivity contribution in [3.8, 4) is 11.5 Å². The van der Waals surface area contributed by atoms with Crippen LogP contribution in [0.5, 0.6) is 11.5 Å². The minimum absolute atomic E-state index is 0.0596.